The van der Waals surface area contributed by atoms with Gasteiger partial charge in [-0.3, -0.25) is 0 Å². The predicted octanol–water partition coefficient (Wildman–Crippen LogP) is 2.31. The van der Waals surface area contributed by atoms with Crippen LogP contribution in [-0.2, 0) is 17.8 Å². The van der Waals surface area contributed by atoms with Crippen molar-refractivity contribution in [3.8, 4) is 0 Å². The van der Waals surface area contributed by atoms with Crippen molar-refractivity contribution in [2.45, 2.75) is 63.9 Å². The number of ether oxygens (including phenoxy) is 1. The fourth-order valence-electron chi connectivity index (χ4n) is 3.09. The molecule has 17 heavy (non-hydrogen) atoms. The summed E-state index contributed by atoms with van der Waals surface area (Å²) in [4.78, 5) is 0. The van der Waals surface area contributed by atoms with E-state index < -0.39 is 0 Å². The van der Waals surface area contributed by atoms with Crippen LogP contribution in [0.2, 0.25) is 0 Å². The monoisotopic (exact) mass is 234 g/mol. The van der Waals surface area contributed by atoms with Crippen LogP contribution < -0.4 is 5.32 Å². The van der Waals surface area contributed by atoms with Crippen molar-refractivity contribution in [3.05, 3.63) is 24.0 Å². The molecular formula is C14H22N2O. The zero-order valence-electron chi connectivity index (χ0n) is 10.6. The molecular weight excluding hydrogens is 212 g/mol. The van der Waals surface area contributed by atoms with Crippen molar-refractivity contribution in [2.24, 2.45) is 0 Å². The highest BCUT2D eigenvalue weighted by Crippen LogP contribution is 2.34. The van der Waals surface area contributed by atoms with Crippen molar-refractivity contribution in [2.75, 3.05) is 0 Å². The van der Waals surface area contributed by atoms with E-state index in [1.54, 1.807) is 0 Å². The lowest BCUT2D eigenvalue weighted by Crippen LogP contribution is -2.36. The molecule has 3 heterocycles. The fourth-order valence-corrected chi connectivity index (χ4v) is 3.09. The molecule has 3 heteroatoms. The van der Waals surface area contributed by atoms with Gasteiger partial charge in [-0.2, -0.15) is 0 Å². The minimum atomic E-state index is 0.484. The first-order chi connectivity index (χ1) is 8.35. The predicted molar refractivity (Wildman–Crippen MR) is 67.9 cm³/mol. The van der Waals surface area contributed by atoms with Crippen molar-refractivity contribution in [3.63, 3.8) is 0 Å². The summed E-state index contributed by atoms with van der Waals surface area (Å²) >= 11 is 0. The molecule has 1 aromatic rings. The van der Waals surface area contributed by atoms with Gasteiger partial charge < -0.3 is 14.6 Å². The quantitative estimate of drug-likeness (QED) is 0.846. The summed E-state index contributed by atoms with van der Waals surface area (Å²) < 4.78 is 8.12. The maximum atomic E-state index is 5.85. The molecule has 2 bridgehead atoms. The standard InChI is InChI=1S/C14H22N2O/c1-2-6-16-7-5-11(10-16)9-15-13-8-12-3-4-14(13)17-12/h5,7,10,12-15H,2-4,6,8-9H2,1H3. The van der Waals surface area contributed by atoms with E-state index >= 15 is 0 Å². The Kier molecular flexibility index (Phi) is 3.21. The van der Waals surface area contributed by atoms with Gasteiger partial charge in [-0.25, -0.2) is 0 Å². The first-order valence-electron chi connectivity index (χ1n) is 6.88. The largest absolute Gasteiger partial charge is 0.373 e. The Morgan fingerprint density at radius 3 is 3.12 bits per heavy atom. The lowest BCUT2D eigenvalue weighted by molar-refractivity contribution is 0.0973. The zero-order valence-corrected chi connectivity index (χ0v) is 10.6. The minimum Gasteiger partial charge on any atom is -0.373 e. The molecule has 0 aromatic carbocycles. The SMILES string of the molecule is CCCn1ccc(CNC2CC3CCC2O3)c1. The molecule has 2 aliphatic heterocycles. The van der Waals surface area contributed by atoms with Crippen molar-refractivity contribution < 1.29 is 4.74 Å². The second-order valence-corrected chi connectivity index (χ2v) is 5.35. The number of hydrogen-bond acceptors (Lipinski definition) is 2. The molecule has 2 aliphatic rings. The molecule has 2 fully saturated rings. The highest BCUT2D eigenvalue weighted by atomic mass is 16.5. The molecule has 94 valence electrons. The van der Waals surface area contributed by atoms with Crippen LogP contribution in [0.25, 0.3) is 0 Å². The van der Waals surface area contributed by atoms with Crippen LogP contribution in [0.3, 0.4) is 0 Å². The lowest BCUT2D eigenvalue weighted by atomic mass is 9.95. The Morgan fingerprint density at radius 2 is 2.41 bits per heavy atom. The highest BCUT2D eigenvalue weighted by Gasteiger charge is 2.40. The van der Waals surface area contributed by atoms with Gasteiger partial charge in [0.25, 0.3) is 0 Å². The molecule has 1 N–H and O–H groups in total. The third-order valence-corrected chi connectivity index (χ3v) is 3.97. The summed E-state index contributed by atoms with van der Waals surface area (Å²) in [7, 11) is 0. The van der Waals surface area contributed by atoms with Gasteiger partial charge >= 0.3 is 0 Å². The number of aromatic nitrogens is 1. The van der Waals surface area contributed by atoms with Crippen LogP contribution in [-0.4, -0.2) is 22.8 Å². The Bertz CT molecular complexity index is 374. The number of rotatable bonds is 5. The first-order valence-corrected chi connectivity index (χ1v) is 6.88. The molecule has 0 saturated carbocycles. The number of nitrogens with one attached hydrogen (secondary N) is 1. The topological polar surface area (TPSA) is 26.2 Å². The molecule has 0 amide bonds. The van der Waals surface area contributed by atoms with Crippen LogP contribution in [0.15, 0.2) is 18.5 Å². The van der Waals surface area contributed by atoms with Crippen molar-refractivity contribution >= 4 is 0 Å². The van der Waals surface area contributed by atoms with Crippen LogP contribution in [0.1, 0.15) is 38.2 Å². The molecule has 0 aliphatic carbocycles. The average molecular weight is 234 g/mol. The normalized spacial score (nSPS) is 31.2. The van der Waals surface area contributed by atoms with Crippen LogP contribution in [0.5, 0.6) is 0 Å². The molecule has 3 atom stereocenters. The number of nitrogens with zero attached hydrogens (tertiary/aromatic N) is 1. The van der Waals surface area contributed by atoms with Gasteiger partial charge in [-0.15, -0.1) is 0 Å². The smallest absolute Gasteiger partial charge is 0.0733 e. The van der Waals surface area contributed by atoms with Crippen molar-refractivity contribution in [1.29, 1.82) is 0 Å². The van der Waals surface area contributed by atoms with E-state index in [0.29, 0.717) is 18.2 Å². The molecule has 3 nitrogen and oxygen atoms in total. The summed E-state index contributed by atoms with van der Waals surface area (Å²) in [6.45, 7) is 4.32. The fraction of sp³-hybridized carbons (Fsp3) is 0.714. The second kappa shape index (κ2) is 4.83. The van der Waals surface area contributed by atoms with E-state index in [2.05, 4.69) is 35.3 Å². The van der Waals surface area contributed by atoms with Gasteiger partial charge in [0.15, 0.2) is 0 Å². The summed E-state index contributed by atoms with van der Waals surface area (Å²) in [6.07, 6.45) is 10.4. The Balaban J connectivity index is 1.50. The van der Waals surface area contributed by atoms with Gasteiger partial charge in [0.05, 0.1) is 12.2 Å². The third-order valence-electron chi connectivity index (χ3n) is 3.97. The van der Waals surface area contributed by atoms with Gasteiger partial charge in [-0.05, 0) is 37.3 Å². The van der Waals surface area contributed by atoms with Gasteiger partial charge in [0.2, 0.25) is 0 Å². The summed E-state index contributed by atoms with van der Waals surface area (Å²) in [5, 5.41) is 3.65. The number of hydrogen-bond donors (Lipinski definition) is 1. The van der Waals surface area contributed by atoms with Gasteiger partial charge in [0, 0.05) is 31.5 Å². The molecule has 0 radical (unpaired) electrons. The van der Waals surface area contributed by atoms with Crippen LogP contribution >= 0.6 is 0 Å². The van der Waals surface area contributed by atoms with Crippen LogP contribution in [0, 0.1) is 0 Å². The van der Waals surface area contributed by atoms with E-state index in [0.717, 1.165) is 13.1 Å². The summed E-state index contributed by atoms with van der Waals surface area (Å²) in [5.74, 6) is 0. The zero-order chi connectivity index (χ0) is 11.7. The minimum absolute atomic E-state index is 0.484. The first kappa shape index (κ1) is 11.3. The van der Waals surface area contributed by atoms with E-state index in [1.807, 2.05) is 0 Å². The summed E-state index contributed by atoms with van der Waals surface area (Å²) in [5.41, 5.74) is 1.39. The third kappa shape index (κ3) is 2.40. The molecule has 1 aromatic heterocycles. The second-order valence-electron chi connectivity index (χ2n) is 5.35. The van der Waals surface area contributed by atoms with E-state index in [1.165, 1.54) is 31.2 Å². The maximum absolute atomic E-state index is 5.85. The van der Waals surface area contributed by atoms with Crippen LogP contribution in [0.4, 0.5) is 0 Å². The van der Waals surface area contributed by atoms with Crippen molar-refractivity contribution in [1.82, 2.24) is 9.88 Å². The van der Waals surface area contributed by atoms with E-state index in [4.69, 9.17) is 4.74 Å². The van der Waals surface area contributed by atoms with Gasteiger partial charge in [-0.1, -0.05) is 6.92 Å². The molecule has 0 spiro atoms. The summed E-state index contributed by atoms with van der Waals surface area (Å²) in [6, 6.07) is 2.81. The number of fused-ring (bicyclic) bond motifs is 2. The average Bonchev–Trinajstić information content (AvgIpc) is 3.02. The molecule has 3 rings (SSSR count). The van der Waals surface area contributed by atoms with Gasteiger partial charge in [0.1, 0.15) is 0 Å². The lowest BCUT2D eigenvalue weighted by Gasteiger charge is -2.19. The molecule has 2 saturated heterocycles. The highest BCUT2D eigenvalue weighted by molar-refractivity contribution is 5.10. The Hall–Kier alpha value is -0.800. The van der Waals surface area contributed by atoms with E-state index in [9.17, 15) is 0 Å². The van der Waals surface area contributed by atoms with E-state index in [-0.39, 0.29) is 0 Å². The number of aryl methyl sites for hydroxylation is 1. The molecule has 3 unspecified atom stereocenters. The Morgan fingerprint density at radius 1 is 1.47 bits per heavy atom. The Labute approximate surface area is 103 Å². The maximum Gasteiger partial charge on any atom is 0.0733 e.